The fourth-order valence-electron chi connectivity index (χ4n) is 1.42. The SMILES string of the molecule is COc1cc(C)ccc1Oc1nc(N)cc(Br)n1. The lowest BCUT2D eigenvalue weighted by atomic mass is 10.2. The summed E-state index contributed by atoms with van der Waals surface area (Å²) in [6.45, 7) is 1.97. The lowest BCUT2D eigenvalue weighted by Gasteiger charge is -2.09. The molecule has 0 bridgehead atoms. The van der Waals surface area contributed by atoms with Gasteiger partial charge in [-0.15, -0.1) is 0 Å². The van der Waals surface area contributed by atoms with Gasteiger partial charge in [-0.2, -0.15) is 9.97 Å². The Morgan fingerprint density at radius 1 is 1.17 bits per heavy atom. The number of benzene rings is 1. The van der Waals surface area contributed by atoms with Crippen LogP contribution < -0.4 is 15.2 Å². The van der Waals surface area contributed by atoms with Crippen LogP contribution in [0.4, 0.5) is 5.82 Å². The van der Waals surface area contributed by atoms with Crippen molar-refractivity contribution in [3.63, 3.8) is 0 Å². The van der Waals surface area contributed by atoms with Gasteiger partial charge < -0.3 is 15.2 Å². The van der Waals surface area contributed by atoms with Gasteiger partial charge in [-0.1, -0.05) is 6.07 Å². The zero-order valence-corrected chi connectivity index (χ0v) is 11.6. The van der Waals surface area contributed by atoms with Crippen LogP contribution in [0.1, 0.15) is 5.56 Å². The number of nitrogen functional groups attached to an aromatic ring is 1. The number of anilines is 1. The molecule has 6 heteroatoms. The molecule has 5 nitrogen and oxygen atoms in total. The number of hydrogen-bond donors (Lipinski definition) is 1. The first-order valence-corrected chi connectivity index (χ1v) is 6.00. The van der Waals surface area contributed by atoms with Gasteiger partial charge in [0.1, 0.15) is 10.4 Å². The van der Waals surface area contributed by atoms with Gasteiger partial charge >= 0.3 is 6.01 Å². The third-order valence-corrected chi connectivity index (χ3v) is 2.62. The number of halogens is 1. The van der Waals surface area contributed by atoms with Gasteiger partial charge in [0.25, 0.3) is 0 Å². The molecule has 0 unspecified atom stereocenters. The predicted octanol–water partition coefficient (Wildman–Crippen LogP) is 2.93. The molecular formula is C12H12BrN3O2. The first kappa shape index (κ1) is 12.6. The van der Waals surface area contributed by atoms with E-state index < -0.39 is 0 Å². The van der Waals surface area contributed by atoms with E-state index in [9.17, 15) is 0 Å². The van der Waals surface area contributed by atoms with Crippen LogP contribution >= 0.6 is 15.9 Å². The molecule has 18 heavy (non-hydrogen) atoms. The summed E-state index contributed by atoms with van der Waals surface area (Å²) in [5, 5.41) is 0. The Bertz CT molecular complexity index is 555. The topological polar surface area (TPSA) is 70.3 Å². The number of aromatic nitrogens is 2. The number of hydrogen-bond acceptors (Lipinski definition) is 5. The van der Waals surface area contributed by atoms with Gasteiger partial charge in [0, 0.05) is 6.07 Å². The predicted molar refractivity (Wildman–Crippen MR) is 71.9 cm³/mol. The van der Waals surface area contributed by atoms with E-state index in [-0.39, 0.29) is 6.01 Å². The normalized spacial score (nSPS) is 10.2. The van der Waals surface area contributed by atoms with Crippen molar-refractivity contribution in [1.29, 1.82) is 0 Å². The molecule has 0 saturated carbocycles. The largest absolute Gasteiger partial charge is 0.493 e. The van der Waals surface area contributed by atoms with Crippen LogP contribution in [-0.4, -0.2) is 17.1 Å². The third kappa shape index (κ3) is 2.89. The van der Waals surface area contributed by atoms with Crippen LogP contribution in [0.5, 0.6) is 17.5 Å². The molecule has 0 atom stereocenters. The maximum absolute atomic E-state index is 5.62. The van der Waals surface area contributed by atoms with Gasteiger partial charge in [-0.05, 0) is 40.5 Å². The Hall–Kier alpha value is -1.82. The molecule has 0 amide bonds. The highest BCUT2D eigenvalue weighted by Crippen LogP contribution is 2.31. The fourth-order valence-corrected chi connectivity index (χ4v) is 1.80. The third-order valence-electron chi connectivity index (χ3n) is 2.21. The Morgan fingerprint density at radius 2 is 1.94 bits per heavy atom. The average Bonchev–Trinajstić information content (AvgIpc) is 2.30. The number of nitrogens with two attached hydrogens (primary N) is 1. The Kier molecular flexibility index (Phi) is 3.66. The van der Waals surface area contributed by atoms with Gasteiger partial charge in [0.2, 0.25) is 0 Å². The zero-order valence-electron chi connectivity index (χ0n) is 9.98. The van der Waals surface area contributed by atoms with Crippen molar-refractivity contribution in [2.45, 2.75) is 6.92 Å². The molecule has 1 aromatic carbocycles. The second kappa shape index (κ2) is 5.22. The molecule has 0 saturated heterocycles. The quantitative estimate of drug-likeness (QED) is 0.883. The van der Waals surface area contributed by atoms with Gasteiger partial charge in [-0.3, -0.25) is 0 Å². The van der Waals surface area contributed by atoms with Crippen LogP contribution in [0.15, 0.2) is 28.9 Å². The van der Waals surface area contributed by atoms with Crippen molar-refractivity contribution in [2.75, 3.05) is 12.8 Å². The van der Waals surface area contributed by atoms with Crippen molar-refractivity contribution < 1.29 is 9.47 Å². The molecular weight excluding hydrogens is 298 g/mol. The number of methoxy groups -OCH3 is 1. The van der Waals surface area contributed by atoms with Crippen molar-refractivity contribution in [3.8, 4) is 17.5 Å². The standard InChI is InChI=1S/C12H12BrN3O2/c1-7-3-4-8(9(5-7)17-2)18-12-15-10(13)6-11(14)16-12/h3-6H,1-2H3,(H2,14,15,16). The molecule has 2 N–H and O–H groups in total. The molecule has 0 aliphatic rings. The van der Waals surface area contributed by atoms with Crippen molar-refractivity contribution >= 4 is 21.7 Å². The molecule has 0 aliphatic carbocycles. The monoisotopic (exact) mass is 309 g/mol. The second-order valence-electron chi connectivity index (χ2n) is 3.65. The van der Waals surface area contributed by atoms with E-state index in [4.69, 9.17) is 15.2 Å². The van der Waals surface area contributed by atoms with Crippen LogP contribution in [0.25, 0.3) is 0 Å². The number of aryl methyl sites for hydroxylation is 1. The number of nitrogens with zero attached hydrogens (tertiary/aromatic N) is 2. The summed E-state index contributed by atoms with van der Waals surface area (Å²) < 4.78 is 11.4. The van der Waals surface area contributed by atoms with E-state index in [0.717, 1.165) is 5.56 Å². The van der Waals surface area contributed by atoms with E-state index in [2.05, 4.69) is 25.9 Å². The minimum Gasteiger partial charge on any atom is -0.493 e. The molecule has 2 rings (SSSR count). The first-order chi connectivity index (χ1) is 8.58. The maximum Gasteiger partial charge on any atom is 0.325 e. The van der Waals surface area contributed by atoms with Gasteiger partial charge in [0.05, 0.1) is 7.11 Å². The van der Waals surface area contributed by atoms with Crippen LogP contribution in [0, 0.1) is 6.92 Å². The van der Waals surface area contributed by atoms with Crippen LogP contribution in [-0.2, 0) is 0 Å². The molecule has 2 aromatic rings. The number of ether oxygens (including phenoxy) is 2. The molecule has 94 valence electrons. The summed E-state index contributed by atoms with van der Waals surface area (Å²) in [6.07, 6.45) is 0. The molecule has 0 spiro atoms. The van der Waals surface area contributed by atoms with Crippen molar-refractivity contribution in [3.05, 3.63) is 34.4 Å². The minimum absolute atomic E-state index is 0.170. The molecule has 0 aliphatic heterocycles. The Balaban J connectivity index is 2.33. The van der Waals surface area contributed by atoms with E-state index in [0.29, 0.717) is 21.9 Å². The number of rotatable bonds is 3. The van der Waals surface area contributed by atoms with Crippen molar-refractivity contribution in [1.82, 2.24) is 9.97 Å². The molecule has 1 aromatic heterocycles. The first-order valence-electron chi connectivity index (χ1n) is 5.21. The highest BCUT2D eigenvalue weighted by Gasteiger charge is 2.09. The molecule has 0 fully saturated rings. The van der Waals surface area contributed by atoms with Crippen LogP contribution in [0.2, 0.25) is 0 Å². The molecule has 1 heterocycles. The molecule has 0 radical (unpaired) electrons. The van der Waals surface area contributed by atoms with E-state index in [1.807, 2.05) is 19.1 Å². The lowest BCUT2D eigenvalue weighted by molar-refractivity contribution is 0.367. The van der Waals surface area contributed by atoms with E-state index >= 15 is 0 Å². The summed E-state index contributed by atoms with van der Waals surface area (Å²) in [5.74, 6) is 1.50. The fraction of sp³-hybridized carbons (Fsp3) is 0.167. The highest BCUT2D eigenvalue weighted by atomic mass is 79.9. The average molecular weight is 310 g/mol. The Labute approximate surface area is 113 Å². The van der Waals surface area contributed by atoms with Gasteiger partial charge in [0.15, 0.2) is 11.5 Å². The van der Waals surface area contributed by atoms with Crippen molar-refractivity contribution in [2.24, 2.45) is 0 Å². The Morgan fingerprint density at radius 3 is 2.61 bits per heavy atom. The minimum atomic E-state index is 0.170. The van der Waals surface area contributed by atoms with Crippen LogP contribution in [0.3, 0.4) is 0 Å². The maximum atomic E-state index is 5.62. The highest BCUT2D eigenvalue weighted by molar-refractivity contribution is 9.10. The summed E-state index contributed by atoms with van der Waals surface area (Å²) >= 11 is 3.23. The summed E-state index contributed by atoms with van der Waals surface area (Å²) in [7, 11) is 1.58. The zero-order chi connectivity index (χ0) is 13.1. The lowest BCUT2D eigenvalue weighted by Crippen LogP contribution is -1.98. The summed E-state index contributed by atoms with van der Waals surface area (Å²) in [4.78, 5) is 8.06. The van der Waals surface area contributed by atoms with E-state index in [1.165, 1.54) is 0 Å². The second-order valence-corrected chi connectivity index (χ2v) is 4.47. The van der Waals surface area contributed by atoms with Gasteiger partial charge in [-0.25, -0.2) is 0 Å². The van der Waals surface area contributed by atoms with E-state index in [1.54, 1.807) is 19.2 Å². The summed E-state index contributed by atoms with van der Waals surface area (Å²) in [6, 6.07) is 7.35. The summed E-state index contributed by atoms with van der Waals surface area (Å²) in [5.41, 5.74) is 6.69. The smallest absolute Gasteiger partial charge is 0.325 e.